The normalized spacial score (nSPS) is 12.7. The third-order valence-electron chi connectivity index (χ3n) is 2.83. The van der Waals surface area contributed by atoms with Crippen molar-refractivity contribution in [2.75, 3.05) is 6.54 Å². The summed E-state index contributed by atoms with van der Waals surface area (Å²) < 4.78 is 27.7. The van der Waals surface area contributed by atoms with Gasteiger partial charge in [0.05, 0.1) is 9.83 Å². The molecule has 1 nitrogen and oxygen atoms in total. The molecule has 0 radical (unpaired) electrons. The van der Waals surface area contributed by atoms with Gasteiger partial charge in [-0.25, -0.2) is 8.78 Å². The maximum Gasteiger partial charge on any atom is 0.160 e. The lowest BCUT2D eigenvalue weighted by atomic mass is 10.0. The van der Waals surface area contributed by atoms with Crippen molar-refractivity contribution in [3.63, 3.8) is 0 Å². The van der Waals surface area contributed by atoms with Crippen LogP contribution in [-0.4, -0.2) is 6.54 Å². The van der Waals surface area contributed by atoms with Crippen molar-refractivity contribution < 1.29 is 8.78 Å². The zero-order chi connectivity index (χ0) is 14.7. The van der Waals surface area contributed by atoms with Crippen molar-refractivity contribution in [3.8, 4) is 0 Å². The minimum Gasteiger partial charge on any atom is -0.306 e. The van der Waals surface area contributed by atoms with Crippen LogP contribution >= 0.6 is 38.9 Å². The monoisotopic (exact) mass is 379 g/mol. The topological polar surface area (TPSA) is 12.0 Å². The largest absolute Gasteiger partial charge is 0.306 e. The zero-order valence-corrected chi connectivity index (χ0v) is 13.9. The molecule has 1 N–H and O–H groups in total. The van der Waals surface area contributed by atoms with Gasteiger partial charge in [0, 0.05) is 9.90 Å². The van der Waals surface area contributed by atoms with Gasteiger partial charge >= 0.3 is 0 Å². The van der Waals surface area contributed by atoms with Crippen molar-refractivity contribution in [2.45, 2.75) is 19.4 Å². The van der Waals surface area contributed by atoms with Crippen LogP contribution in [-0.2, 0) is 0 Å². The molecule has 0 aliphatic rings. The van der Waals surface area contributed by atoms with E-state index in [0.717, 1.165) is 27.7 Å². The van der Waals surface area contributed by atoms with Crippen LogP contribution in [0, 0.1) is 11.6 Å². The molecule has 1 unspecified atom stereocenters. The molecule has 0 aliphatic carbocycles. The van der Waals surface area contributed by atoms with E-state index in [2.05, 4.69) is 21.2 Å². The quantitative estimate of drug-likeness (QED) is 0.672. The Kier molecular flexibility index (Phi) is 5.55. The predicted molar refractivity (Wildman–Crippen MR) is 83.5 cm³/mol. The highest BCUT2D eigenvalue weighted by molar-refractivity contribution is 9.11. The van der Waals surface area contributed by atoms with Crippen LogP contribution in [0.5, 0.6) is 0 Å². The molecule has 0 amide bonds. The molecule has 1 aromatic heterocycles. The molecule has 1 atom stereocenters. The number of hydrogen-bond acceptors (Lipinski definition) is 2. The smallest absolute Gasteiger partial charge is 0.160 e. The van der Waals surface area contributed by atoms with Gasteiger partial charge in [0.15, 0.2) is 11.6 Å². The molecule has 0 bridgehead atoms. The van der Waals surface area contributed by atoms with Crippen molar-refractivity contribution >= 4 is 38.9 Å². The summed E-state index contributed by atoms with van der Waals surface area (Å²) in [5.41, 5.74) is 0.549. The van der Waals surface area contributed by atoms with Gasteiger partial charge in [-0.3, -0.25) is 0 Å². The highest BCUT2D eigenvalue weighted by Gasteiger charge is 2.20. The average Bonchev–Trinajstić information content (AvgIpc) is 2.82. The molecule has 0 spiro atoms. The summed E-state index contributed by atoms with van der Waals surface area (Å²) in [4.78, 5) is 0.998. The minimum atomic E-state index is -0.930. The van der Waals surface area contributed by atoms with Crippen LogP contribution < -0.4 is 5.32 Å². The van der Waals surface area contributed by atoms with Gasteiger partial charge < -0.3 is 5.32 Å². The number of thiophene rings is 1. The molecule has 2 rings (SSSR count). The van der Waals surface area contributed by atoms with Crippen molar-refractivity contribution in [1.29, 1.82) is 0 Å². The van der Waals surface area contributed by atoms with Gasteiger partial charge in [-0.05, 0) is 58.7 Å². The highest BCUT2D eigenvalue weighted by Crippen LogP contribution is 2.35. The van der Waals surface area contributed by atoms with Gasteiger partial charge in [-0.1, -0.05) is 18.5 Å². The first-order valence-corrected chi connectivity index (χ1v) is 8.14. The fraction of sp³-hybridized carbons (Fsp3) is 0.286. The van der Waals surface area contributed by atoms with E-state index < -0.39 is 11.6 Å². The van der Waals surface area contributed by atoms with E-state index in [1.807, 2.05) is 19.1 Å². The summed E-state index contributed by atoms with van der Waals surface area (Å²) in [6, 6.07) is 5.82. The molecule has 0 aliphatic heterocycles. The second-order valence-corrected chi connectivity index (χ2v) is 7.22. The van der Waals surface area contributed by atoms with E-state index in [4.69, 9.17) is 11.6 Å². The molecule has 20 heavy (non-hydrogen) atoms. The number of hydrogen-bond donors (Lipinski definition) is 1. The highest BCUT2D eigenvalue weighted by atomic mass is 79.9. The van der Waals surface area contributed by atoms with Gasteiger partial charge in [0.1, 0.15) is 0 Å². The summed E-state index contributed by atoms with van der Waals surface area (Å²) in [6.07, 6.45) is 0.935. The van der Waals surface area contributed by atoms with Crippen LogP contribution in [0.2, 0.25) is 5.02 Å². The van der Waals surface area contributed by atoms with Crippen LogP contribution in [0.3, 0.4) is 0 Å². The molecule has 1 heterocycles. The first-order valence-electron chi connectivity index (χ1n) is 6.16. The number of halogens is 4. The fourth-order valence-corrected chi connectivity index (χ4v) is 3.67. The maximum atomic E-state index is 13.5. The Bertz CT molecular complexity index is 603. The molecule has 2 aromatic rings. The van der Waals surface area contributed by atoms with E-state index in [-0.39, 0.29) is 11.1 Å². The zero-order valence-electron chi connectivity index (χ0n) is 10.7. The maximum absolute atomic E-state index is 13.5. The lowest BCUT2D eigenvalue weighted by Crippen LogP contribution is -2.23. The molecule has 108 valence electrons. The Morgan fingerprint density at radius 1 is 1.30 bits per heavy atom. The Morgan fingerprint density at radius 3 is 2.60 bits per heavy atom. The number of nitrogens with one attached hydrogen (secondary N) is 1. The van der Waals surface area contributed by atoms with E-state index in [9.17, 15) is 8.78 Å². The molecule has 6 heteroatoms. The van der Waals surface area contributed by atoms with Gasteiger partial charge in [-0.2, -0.15) is 0 Å². The molecule has 0 saturated heterocycles. The van der Waals surface area contributed by atoms with Crippen LogP contribution in [0.4, 0.5) is 8.78 Å². The molecule has 0 fully saturated rings. The first kappa shape index (κ1) is 15.9. The van der Waals surface area contributed by atoms with E-state index in [1.54, 1.807) is 0 Å². The van der Waals surface area contributed by atoms with Gasteiger partial charge in [0.25, 0.3) is 0 Å². The van der Waals surface area contributed by atoms with Crippen LogP contribution in [0.25, 0.3) is 0 Å². The lowest BCUT2D eigenvalue weighted by Gasteiger charge is -2.19. The van der Waals surface area contributed by atoms with E-state index >= 15 is 0 Å². The molecule has 1 aromatic carbocycles. The SMILES string of the molecule is CCCNC(c1ccc(Br)s1)c1cc(F)c(F)cc1Cl. The second kappa shape index (κ2) is 6.98. The summed E-state index contributed by atoms with van der Waals surface area (Å²) in [5, 5.41) is 3.54. The Morgan fingerprint density at radius 2 is 2.00 bits per heavy atom. The van der Waals surface area contributed by atoms with E-state index in [1.165, 1.54) is 17.4 Å². The number of rotatable bonds is 5. The molecular formula is C14H13BrClF2NS. The van der Waals surface area contributed by atoms with Crippen LogP contribution in [0.1, 0.15) is 29.8 Å². The first-order chi connectivity index (χ1) is 9.52. The summed E-state index contributed by atoms with van der Waals surface area (Å²) in [5.74, 6) is -1.82. The molecular weight excluding hydrogens is 368 g/mol. The van der Waals surface area contributed by atoms with Gasteiger partial charge in [-0.15, -0.1) is 11.3 Å². The number of benzene rings is 1. The van der Waals surface area contributed by atoms with Gasteiger partial charge in [0.2, 0.25) is 0 Å². The Labute approximate surface area is 134 Å². The summed E-state index contributed by atoms with van der Waals surface area (Å²) in [7, 11) is 0. The third-order valence-corrected chi connectivity index (χ3v) is 4.84. The third kappa shape index (κ3) is 3.58. The standard InChI is InChI=1S/C14H13BrClF2NS/c1-2-5-19-14(12-3-4-13(15)20-12)8-6-10(17)11(18)7-9(8)16/h3-4,6-7,14,19H,2,5H2,1H3. The Balaban J connectivity index is 2.43. The van der Waals surface area contributed by atoms with Crippen molar-refractivity contribution in [1.82, 2.24) is 5.32 Å². The lowest BCUT2D eigenvalue weighted by molar-refractivity contribution is 0.503. The predicted octanol–water partition coefficient (Wildman–Crippen LogP) is 5.53. The Hall–Kier alpha value is -0.490. The fourth-order valence-electron chi connectivity index (χ4n) is 1.90. The molecule has 0 saturated carbocycles. The summed E-state index contributed by atoms with van der Waals surface area (Å²) in [6.45, 7) is 2.80. The minimum absolute atomic E-state index is 0.224. The van der Waals surface area contributed by atoms with Crippen molar-refractivity contribution in [3.05, 3.63) is 55.1 Å². The van der Waals surface area contributed by atoms with Crippen molar-refractivity contribution in [2.24, 2.45) is 0 Å². The second-order valence-electron chi connectivity index (χ2n) is 4.32. The van der Waals surface area contributed by atoms with E-state index in [0.29, 0.717) is 5.56 Å². The average molecular weight is 381 g/mol. The summed E-state index contributed by atoms with van der Waals surface area (Å²) >= 11 is 11.0. The van der Waals surface area contributed by atoms with Crippen LogP contribution in [0.15, 0.2) is 28.1 Å².